The van der Waals surface area contributed by atoms with Crippen LogP contribution in [0.2, 0.25) is 0 Å². The van der Waals surface area contributed by atoms with E-state index >= 15 is 0 Å². The zero-order chi connectivity index (χ0) is 28.8. The van der Waals surface area contributed by atoms with Gasteiger partial charge in [0, 0.05) is 33.9 Å². The number of carbonyl (C=O) groups is 4. The van der Waals surface area contributed by atoms with Gasteiger partial charge in [0.05, 0.1) is 36.8 Å². The zero-order valence-corrected chi connectivity index (χ0v) is 23.4. The first kappa shape index (κ1) is 28.8. The Hall–Kier alpha value is -4.22. The van der Waals surface area contributed by atoms with Crippen LogP contribution < -0.4 is 14.2 Å². The van der Waals surface area contributed by atoms with Crippen molar-refractivity contribution < 1.29 is 43.6 Å². The van der Waals surface area contributed by atoms with Crippen molar-refractivity contribution in [3.8, 4) is 17.2 Å². The van der Waals surface area contributed by atoms with E-state index in [4.69, 9.17) is 24.4 Å². The van der Waals surface area contributed by atoms with Crippen molar-refractivity contribution in [1.82, 2.24) is 0 Å². The molecular weight excluding hydrogens is 556 g/mol. The number of rotatable bonds is 14. The van der Waals surface area contributed by atoms with Crippen molar-refractivity contribution >= 4 is 72.4 Å². The van der Waals surface area contributed by atoms with Crippen LogP contribution in [0.25, 0.3) is 26.2 Å². The topological polar surface area (TPSA) is 136 Å². The molecule has 208 valence electrons. The van der Waals surface area contributed by atoms with Gasteiger partial charge in [-0.2, -0.15) is 0 Å². The van der Waals surface area contributed by atoms with Gasteiger partial charge in [-0.3, -0.25) is 19.2 Å². The first-order valence-electron chi connectivity index (χ1n) is 12.2. The molecule has 0 fully saturated rings. The summed E-state index contributed by atoms with van der Waals surface area (Å²) in [5.41, 5.74) is 0.783. The predicted molar refractivity (Wildman–Crippen MR) is 154 cm³/mol. The molecular formula is C29H26O9S2. The van der Waals surface area contributed by atoms with Gasteiger partial charge in [0.25, 0.3) is 0 Å². The number of ketones is 2. The molecule has 0 aliphatic heterocycles. The van der Waals surface area contributed by atoms with Gasteiger partial charge in [0.1, 0.15) is 12.4 Å². The summed E-state index contributed by atoms with van der Waals surface area (Å²) in [5.74, 6) is -0.835. The number of ether oxygens (including phenoxy) is 3. The first-order chi connectivity index (χ1) is 19.2. The molecule has 0 radical (unpaired) electrons. The lowest BCUT2D eigenvalue weighted by Gasteiger charge is -2.09. The van der Waals surface area contributed by atoms with Crippen molar-refractivity contribution in [2.75, 3.05) is 20.8 Å². The van der Waals surface area contributed by atoms with Gasteiger partial charge < -0.3 is 24.4 Å². The molecule has 0 saturated heterocycles. The van der Waals surface area contributed by atoms with Crippen LogP contribution in [0.4, 0.5) is 0 Å². The summed E-state index contributed by atoms with van der Waals surface area (Å²) < 4.78 is 18.6. The second-order valence-electron chi connectivity index (χ2n) is 8.74. The van der Waals surface area contributed by atoms with E-state index in [-0.39, 0.29) is 43.9 Å². The standard InChI is InChI=1S/C29H26O9S2/c1-36-21-14-24-17(12-26(39-24)19(30)5-7-28(32)33)10-16(21)4-3-9-38-23-11-18-13-27(20(31)6-8-29(34)35)40-25(18)15-22(23)37-2/h3-4,10-15H,5-9H2,1-2H3,(H,32,33)(H,34,35)/b4-3-. The van der Waals surface area contributed by atoms with Crippen LogP contribution in [0.15, 0.2) is 42.5 Å². The van der Waals surface area contributed by atoms with Crippen LogP contribution in [0, 0.1) is 0 Å². The summed E-state index contributed by atoms with van der Waals surface area (Å²) in [4.78, 5) is 47.3. The van der Waals surface area contributed by atoms with Crippen LogP contribution >= 0.6 is 22.7 Å². The molecule has 0 saturated carbocycles. The molecule has 0 amide bonds. The number of hydrogen-bond donors (Lipinski definition) is 2. The minimum absolute atomic E-state index is 0.0492. The number of carboxylic acid groups (broad SMARTS) is 2. The molecule has 2 N–H and O–H groups in total. The molecule has 2 aromatic heterocycles. The number of aliphatic carboxylic acids is 2. The quantitative estimate of drug-likeness (QED) is 0.164. The summed E-state index contributed by atoms with van der Waals surface area (Å²) in [6, 6.07) is 10.8. The Morgan fingerprint density at radius 1 is 0.700 bits per heavy atom. The average Bonchev–Trinajstić information content (AvgIpc) is 3.55. The molecule has 2 aromatic carbocycles. The van der Waals surface area contributed by atoms with E-state index in [0.29, 0.717) is 27.0 Å². The molecule has 0 unspecified atom stereocenters. The van der Waals surface area contributed by atoms with Crippen LogP contribution in [-0.4, -0.2) is 54.5 Å². The zero-order valence-electron chi connectivity index (χ0n) is 21.7. The molecule has 9 nitrogen and oxygen atoms in total. The number of methoxy groups -OCH3 is 2. The van der Waals surface area contributed by atoms with E-state index < -0.39 is 11.9 Å². The van der Waals surface area contributed by atoms with Crippen molar-refractivity contribution in [2.24, 2.45) is 0 Å². The van der Waals surface area contributed by atoms with Crippen LogP contribution in [-0.2, 0) is 9.59 Å². The molecule has 0 spiro atoms. The smallest absolute Gasteiger partial charge is 0.303 e. The molecule has 2 heterocycles. The van der Waals surface area contributed by atoms with Crippen molar-refractivity contribution in [3.05, 3.63) is 57.8 Å². The Labute approximate surface area is 237 Å². The summed E-state index contributed by atoms with van der Waals surface area (Å²) in [7, 11) is 3.08. The highest BCUT2D eigenvalue weighted by Crippen LogP contribution is 2.37. The van der Waals surface area contributed by atoms with E-state index in [1.807, 2.05) is 24.3 Å². The van der Waals surface area contributed by atoms with E-state index in [2.05, 4.69) is 0 Å². The molecule has 40 heavy (non-hydrogen) atoms. The minimum atomic E-state index is -1.01. The Balaban J connectivity index is 1.48. The maximum Gasteiger partial charge on any atom is 0.303 e. The van der Waals surface area contributed by atoms with Crippen LogP contribution in [0.5, 0.6) is 17.2 Å². The van der Waals surface area contributed by atoms with E-state index in [0.717, 1.165) is 25.7 Å². The van der Waals surface area contributed by atoms with E-state index in [1.165, 1.54) is 29.8 Å². The normalized spacial score (nSPS) is 11.2. The number of fused-ring (bicyclic) bond motifs is 2. The Bertz CT molecular complexity index is 1630. The highest BCUT2D eigenvalue weighted by atomic mass is 32.1. The predicted octanol–water partition coefficient (Wildman–Crippen LogP) is 6.32. The fourth-order valence-corrected chi connectivity index (χ4v) is 6.07. The second kappa shape index (κ2) is 12.8. The summed E-state index contributed by atoms with van der Waals surface area (Å²) in [5, 5.41) is 19.3. The van der Waals surface area contributed by atoms with Gasteiger partial charge >= 0.3 is 11.9 Å². The summed E-state index contributed by atoms with van der Waals surface area (Å²) in [6.45, 7) is 0.208. The monoisotopic (exact) mass is 582 g/mol. The lowest BCUT2D eigenvalue weighted by molar-refractivity contribution is -0.137. The first-order valence-corrected chi connectivity index (χ1v) is 13.8. The molecule has 0 aliphatic rings. The summed E-state index contributed by atoms with van der Waals surface area (Å²) >= 11 is 2.58. The van der Waals surface area contributed by atoms with Crippen LogP contribution in [0.3, 0.4) is 0 Å². The number of carbonyl (C=O) groups excluding carboxylic acids is 2. The third kappa shape index (κ3) is 6.85. The molecule has 0 atom stereocenters. The third-order valence-electron chi connectivity index (χ3n) is 5.99. The fourth-order valence-electron chi connectivity index (χ4n) is 3.99. The van der Waals surface area contributed by atoms with Crippen molar-refractivity contribution in [2.45, 2.75) is 25.7 Å². The van der Waals surface area contributed by atoms with Gasteiger partial charge in [0.2, 0.25) is 0 Å². The second-order valence-corrected chi connectivity index (χ2v) is 10.9. The third-order valence-corrected chi connectivity index (χ3v) is 8.26. The van der Waals surface area contributed by atoms with Gasteiger partial charge in [-0.15, -0.1) is 22.7 Å². The Morgan fingerprint density at radius 3 is 1.75 bits per heavy atom. The molecule has 0 aliphatic carbocycles. The number of benzene rings is 2. The van der Waals surface area contributed by atoms with Crippen molar-refractivity contribution in [1.29, 1.82) is 0 Å². The molecule has 4 rings (SSSR count). The van der Waals surface area contributed by atoms with Gasteiger partial charge in [-0.25, -0.2) is 0 Å². The van der Waals surface area contributed by atoms with Crippen LogP contribution in [0.1, 0.15) is 50.6 Å². The van der Waals surface area contributed by atoms with Gasteiger partial charge in [0.15, 0.2) is 23.1 Å². The van der Waals surface area contributed by atoms with Crippen molar-refractivity contribution in [3.63, 3.8) is 0 Å². The maximum absolute atomic E-state index is 12.4. The fraction of sp³-hybridized carbons (Fsp3) is 0.241. The Morgan fingerprint density at radius 2 is 1.23 bits per heavy atom. The lowest BCUT2D eigenvalue weighted by Crippen LogP contribution is -2.01. The largest absolute Gasteiger partial charge is 0.496 e. The van der Waals surface area contributed by atoms with E-state index in [9.17, 15) is 19.2 Å². The molecule has 0 bridgehead atoms. The number of thiophene rings is 2. The maximum atomic E-state index is 12.4. The highest BCUT2D eigenvalue weighted by molar-refractivity contribution is 7.21. The number of Topliss-reactive ketones (excluding diaryl/α,β-unsaturated/α-hetero) is 2. The van der Waals surface area contributed by atoms with Gasteiger partial charge in [-0.1, -0.05) is 6.08 Å². The number of carboxylic acids is 2. The lowest BCUT2D eigenvalue weighted by atomic mass is 10.1. The molecule has 11 heteroatoms. The summed E-state index contributed by atoms with van der Waals surface area (Å²) in [6.07, 6.45) is 3.13. The average molecular weight is 583 g/mol. The minimum Gasteiger partial charge on any atom is -0.496 e. The van der Waals surface area contributed by atoms with Gasteiger partial charge in [-0.05, 0) is 47.2 Å². The number of hydrogen-bond acceptors (Lipinski definition) is 9. The molecule has 4 aromatic rings. The van der Waals surface area contributed by atoms with E-state index in [1.54, 1.807) is 31.4 Å². The SMILES string of the molecule is COc1cc2sc(C(=O)CCC(=O)O)cc2cc1/C=C\COc1cc2cc(C(=O)CCC(=O)O)sc2cc1OC. The Kier molecular flexibility index (Phi) is 9.18. The highest BCUT2D eigenvalue weighted by Gasteiger charge is 2.16.